The first-order valence-corrected chi connectivity index (χ1v) is 8.83. The highest BCUT2D eigenvalue weighted by atomic mass is 16.3. The molecule has 3 rings (SSSR count). The van der Waals surface area contributed by atoms with Crippen molar-refractivity contribution in [1.29, 1.82) is 0 Å². The number of nitrogens with one attached hydrogen (secondary N) is 1. The molecule has 1 fully saturated rings. The van der Waals surface area contributed by atoms with Crippen LogP contribution >= 0.6 is 0 Å². The monoisotopic (exact) mass is 345 g/mol. The lowest BCUT2D eigenvalue weighted by Crippen LogP contribution is -2.46. The first-order valence-electron chi connectivity index (χ1n) is 8.83. The van der Waals surface area contributed by atoms with Gasteiger partial charge in [0, 0.05) is 6.54 Å². The molecule has 2 aromatic rings. The number of amides is 2. The van der Waals surface area contributed by atoms with Crippen LogP contribution in [0.15, 0.2) is 29.1 Å². The maximum atomic E-state index is 12.8. The number of rotatable bonds is 3. The minimum atomic E-state index is -0.173. The second-order valence-corrected chi connectivity index (χ2v) is 7.77. The van der Waals surface area contributed by atoms with Crippen molar-refractivity contribution in [1.82, 2.24) is 25.0 Å². The van der Waals surface area contributed by atoms with E-state index in [9.17, 15) is 4.79 Å². The largest absolute Gasteiger partial charge is 0.467 e. The molecular weight excluding hydrogens is 318 g/mol. The van der Waals surface area contributed by atoms with Crippen LogP contribution in [0.4, 0.5) is 4.79 Å². The predicted octanol–water partition coefficient (Wildman–Crippen LogP) is 3.31. The topological polar surface area (TPSA) is 76.2 Å². The Morgan fingerprint density at radius 2 is 2.24 bits per heavy atom. The van der Waals surface area contributed by atoms with Gasteiger partial charge in [-0.1, -0.05) is 6.92 Å². The Kier molecular flexibility index (Phi) is 4.83. The summed E-state index contributed by atoms with van der Waals surface area (Å²) >= 11 is 0. The Morgan fingerprint density at radius 3 is 2.92 bits per heavy atom. The number of hydrogen-bond donors (Lipinski definition) is 1. The maximum absolute atomic E-state index is 12.8. The Balaban J connectivity index is 1.69. The van der Waals surface area contributed by atoms with Crippen molar-refractivity contribution >= 4 is 6.03 Å². The molecule has 2 unspecified atom stereocenters. The van der Waals surface area contributed by atoms with Gasteiger partial charge in [-0.25, -0.2) is 14.5 Å². The SMILES string of the molecule is CC1CCN(C(=O)NCc2ncnn2C(C)(C)C)C(c2ccco2)C1. The highest BCUT2D eigenvalue weighted by Gasteiger charge is 2.33. The molecule has 0 saturated carbocycles. The highest BCUT2D eigenvalue weighted by molar-refractivity contribution is 5.74. The van der Waals surface area contributed by atoms with Crippen molar-refractivity contribution in [2.45, 2.75) is 58.7 Å². The summed E-state index contributed by atoms with van der Waals surface area (Å²) in [6, 6.07) is 3.71. The molecular formula is C18H27N5O2. The minimum Gasteiger partial charge on any atom is -0.467 e. The van der Waals surface area contributed by atoms with Crippen molar-refractivity contribution in [3.63, 3.8) is 0 Å². The maximum Gasteiger partial charge on any atom is 0.318 e. The zero-order chi connectivity index (χ0) is 18.0. The molecule has 0 bridgehead atoms. The summed E-state index contributed by atoms with van der Waals surface area (Å²) in [5, 5.41) is 7.27. The molecule has 2 amide bonds. The van der Waals surface area contributed by atoms with Crippen LogP contribution in [0.3, 0.4) is 0 Å². The molecule has 1 saturated heterocycles. The van der Waals surface area contributed by atoms with Gasteiger partial charge in [-0.15, -0.1) is 0 Å². The average molecular weight is 345 g/mol. The normalized spacial score (nSPS) is 21.4. The molecule has 3 heterocycles. The smallest absolute Gasteiger partial charge is 0.318 e. The van der Waals surface area contributed by atoms with Crippen LogP contribution in [0.1, 0.15) is 58.2 Å². The van der Waals surface area contributed by atoms with Crippen molar-refractivity contribution in [2.24, 2.45) is 5.92 Å². The molecule has 1 aliphatic heterocycles. The van der Waals surface area contributed by atoms with Gasteiger partial charge in [0.1, 0.15) is 17.9 Å². The van der Waals surface area contributed by atoms with Gasteiger partial charge in [0.05, 0.1) is 24.4 Å². The Morgan fingerprint density at radius 1 is 1.44 bits per heavy atom. The van der Waals surface area contributed by atoms with E-state index in [1.54, 1.807) is 6.26 Å². The van der Waals surface area contributed by atoms with Gasteiger partial charge in [0.15, 0.2) is 0 Å². The van der Waals surface area contributed by atoms with Gasteiger partial charge < -0.3 is 14.6 Å². The fraction of sp³-hybridized carbons (Fsp3) is 0.611. The Hall–Kier alpha value is -2.31. The summed E-state index contributed by atoms with van der Waals surface area (Å²) < 4.78 is 7.41. The van der Waals surface area contributed by atoms with Gasteiger partial charge in [-0.2, -0.15) is 5.10 Å². The molecule has 2 aromatic heterocycles. The predicted molar refractivity (Wildman–Crippen MR) is 93.8 cm³/mol. The molecule has 0 aliphatic carbocycles. The van der Waals surface area contributed by atoms with Crippen molar-refractivity contribution in [2.75, 3.05) is 6.54 Å². The number of hydrogen-bond acceptors (Lipinski definition) is 4. The van der Waals surface area contributed by atoms with Crippen LogP contribution in [-0.2, 0) is 12.1 Å². The molecule has 1 N–H and O–H groups in total. The van der Waals surface area contributed by atoms with Crippen molar-refractivity contribution < 1.29 is 9.21 Å². The van der Waals surface area contributed by atoms with E-state index in [0.29, 0.717) is 12.5 Å². The number of aromatic nitrogens is 3. The summed E-state index contributed by atoms with van der Waals surface area (Å²) in [7, 11) is 0. The lowest BCUT2D eigenvalue weighted by molar-refractivity contribution is 0.119. The molecule has 0 aromatic carbocycles. The molecule has 7 nitrogen and oxygen atoms in total. The Labute approximate surface area is 148 Å². The molecule has 25 heavy (non-hydrogen) atoms. The molecule has 1 aliphatic rings. The second-order valence-electron chi connectivity index (χ2n) is 7.77. The van der Waals surface area contributed by atoms with Gasteiger partial charge in [0.2, 0.25) is 0 Å². The third-order valence-corrected chi connectivity index (χ3v) is 4.65. The van der Waals surface area contributed by atoms with Gasteiger partial charge in [-0.3, -0.25) is 0 Å². The van der Waals surface area contributed by atoms with E-state index in [4.69, 9.17) is 4.42 Å². The average Bonchev–Trinajstić information content (AvgIpc) is 3.23. The third kappa shape index (κ3) is 3.86. The number of urea groups is 1. The third-order valence-electron chi connectivity index (χ3n) is 4.65. The number of likely N-dealkylation sites (tertiary alicyclic amines) is 1. The first-order chi connectivity index (χ1) is 11.9. The summed E-state index contributed by atoms with van der Waals surface area (Å²) in [5.74, 6) is 2.17. The van der Waals surface area contributed by atoms with E-state index in [2.05, 4.69) is 43.1 Å². The zero-order valence-corrected chi connectivity index (χ0v) is 15.4. The fourth-order valence-electron chi connectivity index (χ4n) is 3.34. The van der Waals surface area contributed by atoms with Crippen molar-refractivity contribution in [3.8, 4) is 0 Å². The fourth-order valence-corrected chi connectivity index (χ4v) is 3.34. The van der Waals surface area contributed by atoms with Crippen LogP contribution in [0.5, 0.6) is 0 Å². The van der Waals surface area contributed by atoms with E-state index < -0.39 is 0 Å². The molecule has 2 atom stereocenters. The van der Waals surface area contributed by atoms with Gasteiger partial charge in [0.25, 0.3) is 0 Å². The minimum absolute atomic E-state index is 0.0146. The lowest BCUT2D eigenvalue weighted by atomic mass is 9.91. The summed E-state index contributed by atoms with van der Waals surface area (Å²) in [5.41, 5.74) is -0.173. The van der Waals surface area contributed by atoms with Crippen LogP contribution in [-0.4, -0.2) is 32.2 Å². The van der Waals surface area contributed by atoms with Gasteiger partial charge in [-0.05, 0) is 51.7 Å². The van der Waals surface area contributed by atoms with E-state index >= 15 is 0 Å². The van der Waals surface area contributed by atoms with E-state index in [1.807, 2.05) is 21.7 Å². The molecule has 0 radical (unpaired) electrons. The zero-order valence-electron chi connectivity index (χ0n) is 15.4. The van der Waals surface area contributed by atoms with Crippen LogP contribution in [0.25, 0.3) is 0 Å². The van der Waals surface area contributed by atoms with E-state index in [1.165, 1.54) is 6.33 Å². The summed E-state index contributed by atoms with van der Waals surface area (Å²) in [6.45, 7) is 9.48. The molecule has 0 spiro atoms. The lowest BCUT2D eigenvalue weighted by Gasteiger charge is -2.37. The summed E-state index contributed by atoms with van der Waals surface area (Å²) in [4.78, 5) is 18.9. The highest BCUT2D eigenvalue weighted by Crippen LogP contribution is 2.34. The number of furan rings is 1. The van der Waals surface area contributed by atoms with E-state index in [-0.39, 0.29) is 17.6 Å². The van der Waals surface area contributed by atoms with Crippen LogP contribution in [0.2, 0.25) is 0 Å². The number of nitrogens with zero attached hydrogens (tertiary/aromatic N) is 4. The van der Waals surface area contributed by atoms with Crippen LogP contribution in [0, 0.1) is 5.92 Å². The number of carbonyl (C=O) groups is 1. The first kappa shape index (κ1) is 17.5. The number of piperidine rings is 1. The van der Waals surface area contributed by atoms with E-state index in [0.717, 1.165) is 31.0 Å². The van der Waals surface area contributed by atoms with Crippen LogP contribution < -0.4 is 5.32 Å². The molecule has 7 heteroatoms. The van der Waals surface area contributed by atoms with Crippen molar-refractivity contribution in [3.05, 3.63) is 36.3 Å². The number of carbonyl (C=O) groups excluding carboxylic acids is 1. The standard InChI is InChI=1S/C18H27N5O2/c1-13-7-8-22(14(10-13)15-6-5-9-25-15)17(24)19-11-16-20-12-21-23(16)18(2,3)4/h5-6,9,12-14H,7-8,10-11H2,1-4H3,(H,19,24). The molecule has 136 valence electrons. The summed E-state index contributed by atoms with van der Waals surface area (Å²) in [6.07, 6.45) is 5.11. The second kappa shape index (κ2) is 6.90. The van der Waals surface area contributed by atoms with Gasteiger partial charge >= 0.3 is 6.03 Å². The quantitative estimate of drug-likeness (QED) is 0.926. The Bertz CT molecular complexity index is 701.